The summed E-state index contributed by atoms with van der Waals surface area (Å²) in [5, 5.41) is 7.05. The number of nitrogens with zero attached hydrogens (tertiary/aromatic N) is 1. The Bertz CT molecular complexity index is 1880. The summed E-state index contributed by atoms with van der Waals surface area (Å²) in [6.45, 7) is 10.2. The summed E-state index contributed by atoms with van der Waals surface area (Å²) in [6, 6.07) is 34.5. The number of aryl methyl sites for hydroxylation is 2. The van der Waals surface area contributed by atoms with E-state index >= 15 is 0 Å². The summed E-state index contributed by atoms with van der Waals surface area (Å²) in [5.74, 6) is 1.04. The Hall–Kier alpha value is -5.23. The van der Waals surface area contributed by atoms with Crippen LogP contribution in [-0.4, -0.2) is 19.1 Å². The largest absolute Gasteiger partial charge is 0.456 e. The van der Waals surface area contributed by atoms with Gasteiger partial charge in [0.05, 0.1) is 5.56 Å². The molecule has 6 heteroatoms. The molecular formula is C38H35N3O3. The molecule has 0 radical (unpaired) electrons. The third-order valence-corrected chi connectivity index (χ3v) is 8.68. The van der Waals surface area contributed by atoms with Crippen LogP contribution in [-0.2, 0) is 10.3 Å². The number of hydrogen-bond acceptors (Lipinski definition) is 6. The van der Waals surface area contributed by atoms with Gasteiger partial charge in [0.25, 0.3) is 0 Å². The highest BCUT2D eigenvalue weighted by molar-refractivity contribution is 5.97. The molecular weight excluding hydrogens is 546 g/mol. The lowest BCUT2D eigenvalue weighted by molar-refractivity contribution is 0.0224. The lowest BCUT2D eigenvalue weighted by atomic mass is 9.77. The second-order valence-electron chi connectivity index (χ2n) is 11.4. The number of fused-ring (bicyclic) bond motifs is 6. The lowest BCUT2D eigenvalue weighted by Gasteiger charge is -2.37. The minimum Gasteiger partial charge on any atom is -0.456 e. The van der Waals surface area contributed by atoms with E-state index < -0.39 is 5.60 Å². The van der Waals surface area contributed by atoms with Gasteiger partial charge in [0.15, 0.2) is 5.60 Å². The zero-order valence-electron chi connectivity index (χ0n) is 25.4. The third-order valence-electron chi connectivity index (χ3n) is 8.68. The minimum atomic E-state index is -1.12. The van der Waals surface area contributed by atoms with Crippen molar-refractivity contribution in [2.45, 2.75) is 33.3 Å². The van der Waals surface area contributed by atoms with E-state index in [1.54, 1.807) is 0 Å². The molecule has 6 nitrogen and oxygen atoms in total. The van der Waals surface area contributed by atoms with Gasteiger partial charge >= 0.3 is 5.97 Å². The second-order valence-corrected chi connectivity index (χ2v) is 11.4. The maximum absolute atomic E-state index is 13.4. The van der Waals surface area contributed by atoms with Crippen LogP contribution in [0.15, 0.2) is 103 Å². The van der Waals surface area contributed by atoms with E-state index in [9.17, 15) is 4.79 Å². The number of esters is 1. The molecule has 0 aliphatic carbocycles. The van der Waals surface area contributed by atoms with Crippen molar-refractivity contribution >= 4 is 34.4 Å². The van der Waals surface area contributed by atoms with Crippen molar-refractivity contribution in [2.75, 3.05) is 28.6 Å². The predicted octanol–water partition coefficient (Wildman–Crippen LogP) is 9.20. The molecule has 1 unspecified atom stereocenters. The molecule has 5 aromatic carbocycles. The maximum Gasteiger partial charge on any atom is 0.340 e. The average molecular weight is 582 g/mol. The molecule has 220 valence electrons. The Labute approximate surface area is 258 Å². The molecule has 44 heavy (non-hydrogen) atoms. The van der Waals surface area contributed by atoms with Gasteiger partial charge in [-0.2, -0.15) is 0 Å². The first kappa shape index (κ1) is 27.6. The molecule has 1 spiro atoms. The number of ether oxygens (including phenoxy) is 2. The highest BCUT2D eigenvalue weighted by atomic mass is 16.6. The first-order valence-electron chi connectivity index (χ1n) is 15.2. The highest BCUT2D eigenvalue weighted by Crippen LogP contribution is 2.57. The van der Waals surface area contributed by atoms with Crippen molar-refractivity contribution in [3.63, 3.8) is 0 Å². The number of hydrogen-bond donors (Lipinski definition) is 2. The van der Waals surface area contributed by atoms with Crippen LogP contribution < -0.4 is 20.3 Å². The number of rotatable bonds is 7. The van der Waals surface area contributed by atoms with Gasteiger partial charge in [-0.15, -0.1) is 0 Å². The Kier molecular flexibility index (Phi) is 6.77. The fourth-order valence-corrected chi connectivity index (χ4v) is 6.32. The number of anilines is 5. The fraction of sp³-hybridized carbons (Fsp3) is 0.184. The minimum absolute atomic E-state index is 0.334. The third kappa shape index (κ3) is 4.54. The van der Waals surface area contributed by atoms with E-state index in [0.717, 1.165) is 63.8 Å². The quantitative estimate of drug-likeness (QED) is 0.187. The van der Waals surface area contributed by atoms with Crippen LogP contribution in [0.3, 0.4) is 0 Å². The van der Waals surface area contributed by atoms with Crippen molar-refractivity contribution in [2.24, 2.45) is 0 Å². The summed E-state index contributed by atoms with van der Waals surface area (Å²) in [5.41, 5.74) is 9.12. The van der Waals surface area contributed by atoms with E-state index in [1.807, 2.05) is 36.4 Å². The lowest BCUT2D eigenvalue weighted by Crippen LogP contribution is -2.33. The number of benzene rings is 5. The average Bonchev–Trinajstić information content (AvgIpc) is 3.33. The van der Waals surface area contributed by atoms with Crippen LogP contribution in [0.1, 0.15) is 52.0 Å². The normalized spacial score (nSPS) is 16.0. The van der Waals surface area contributed by atoms with Gasteiger partial charge in [0.1, 0.15) is 11.5 Å². The second kappa shape index (κ2) is 10.8. The number of carbonyl (C=O) groups is 1. The Morgan fingerprint density at radius 2 is 1.32 bits per heavy atom. The zero-order chi connectivity index (χ0) is 30.4. The van der Waals surface area contributed by atoms with Gasteiger partial charge in [0.2, 0.25) is 0 Å². The van der Waals surface area contributed by atoms with Crippen molar-refractivity contribution in [3.05, 3.63) is 137 Å². The zero-order valence-corrected chi connectivity index (χ0v) is 25.4. The van der Waals surface area contributed by atoms with Gasteiger partial charge in [-0.05, 0) is 100.0 Å². The SMILES string of the molecule is CCN(CC)c1ccc2c(c1)Oc1cc(C)c(Nc3ccc(Nc4ccc(C)cc4)cc3)cc1C21OC(=O)c2ccccc21. The smallest absolute Gasteiger partial charge is 0.340 e. The van der Waals surface area contributed by atoms with Crippen LogP contribution in [0.25, 0.3) is 0 Å². The topological polar surface area (TPSA) is 62.8 Å². The summed E-state index contributed by atoms with van der Waals surface area (Å²) >= 11 is 0. The Morgan fingerprint density at radius 1 is 0.682 bits per heavy atom. The molecule has 5 aromatic rings. The molecule has 7 rings (SSSR count). The van der Waals surface area contributed by atoms with E-state index in [-0.39, 0.29) is 5.97 Å². The molecule has 0 saturated heterocycles. The van der Waals surface area contributed by atoms with Gasteiger partial charge in [-0.3, -0.25) is 0 Å². The summed E-state index contributed by atoms with van der Waals surface area (Å²) in [6.07, 6.45) is 0. The van der Waals surface area contributed by atoms with Crippen molar-refractivity contribution in [3.8, 4) is 11.5 Å². The molecule has 0 aromatic heterocycles. The van der Waals surface area contributed by atoms with Crippen molar-refractivity contribution < 1.29 is 14.3 Å². The van der Waals surface area contributed by atoms with E-state index in [0.29, 0.717) is 17.1 Å². The maximum atomic E-state index is 13.4. The highest BCUT2D eigenvalue weighted by Gasteiger charge is 2.53. The molecule has 2 aliphatic heterocycles. The van der Waals surface area contributed by atoms with Gasteiger partial charge < -0.3 is 25.0 Å². The molecule has 0 fully saturated rings. The molecule has 1 atom stereocenters. The summed E-state index contributed by atoms with van der Waals surface area (Å²) in [4.78, 5) is 15.6. The predicted molar refractivity (Wildman–Crippen MR) is 177 cm³/mol. The molecule has 2 aliphatic rings. The first-order chi connectivity index (χ1) is 21.4. The summed E-state index contributed by atoms with van der Waals surface area (Å²) in [7, 11) is 0. The standard InChI is InChI=1S/C38H35N3O3/c1-5-41(6-2)29-19-20-32-36(22-29)43-35-21-25(4)34(23-33(35)38(32)31-10-8-7-9-30(31)37(42)44-38)40-28-17-15-27(16-18-28)39-26-13-11-24(3)12-14-26/h7-23,39-40H,5-6H2,1-4H3. The van der Waals surface area contributed by atoms with Crippen molar-refractivity contribution in [1.29, 1.82) is 0 Å². The van der Waals surface area contributed by atoms with Crippen LogP contribution >= 0.6 is 0 Å². The molecule has 0 amide bonds. The van der Waals surface area contributed by atoms with E-state index in [1.165, 1.54) is 5.56 Å². The van der Waals surface area contributed by atoms with E-state index in [4.69, 9.17) is 9.47 Å². The molecule has 2 heterocycles. The van der Waals surface area contributed by atoms with Gasteiger partial charge in [-0.25, -0.2) is 4.79 Å². The Balaban J connectivity index is 1.28. The molecule has 2 N–H and O–H groups in total. The van der Waals surface area contributed by atoms with Crippen LogP contribution in [0.2, 0.25) is 0 Å². The fourth-order valence-electron chi connectivity index (χ4n) is 6.32. The van der Waals surface area contributed by atoms with Crippen LogP contribution in [0.5, 0.6) is 11.5 Å². The van der Waals surface area contributed by atoms with Crippen LogP contribution in [0.4, 0.5) is 28.4 Å². The van der Waals surface area contributed by atoms with Gasteiger partial charge in [-0.1, -0.05) is 35.9 Å². The Morgan fingerprint density at radius 3 is 2.02 bits per heavy atom. The van der Waals surface area contributed by atoms with Gasteiger partial charge in [0, 0.05) is 64.3 Å². The monoisotopic (exact) mass is 581 g/mol. The van der Waals surface area contributed by atoms with Crippen molar-refractivity contribution in [1.82, 2.24) is 0 Å². The number of carbonyl (C=O) groups excluding carboxylic acids is 1. The van der Waals surface area contributed by atoms with Crippen LogP contribution in [0, 0.1) is 13.8 Å². The number of nitrogens with one attached hydrogen (secondary N) is 2. The molecule has 0 bridgehead atoms. The van der Waals surface area contributed by atoms with E-state index in [2.05, 4.69) is 110 Å². The first-order valence-corrected chi connectivity index (χ1v) is 15.2. The summed E-state index contributed by atoms with van der Waals surface area (Å²) < 4.78 is 13.0. The molecule has 0 saturated carbocycles.